The number of ether oxygens (including phenoxy) is 3. The van der Waals surface area contributed by atoms with Crippen LogP contribution in [0, 0.1) is 0 Å². The fourth-order valence-corrected chi connectivity index (χ4v) is 3.58. The maximum atomic E-state index is 12.4. The van der Waals surface area contributed by atoms with Gasteiger partial charge in [-0.25, -0.2) is 0 Å². The predicted octanol–water partition coefficient (Wildman–Crippen LogP) is 3.03. The lowest BCUT2D eigenvalue weighted by molar-refractivity contribution is -0.131. The smallest absolute Gasteiger partial charge is 0.222 e. The summed E-state index contributed by atoms with van der Waals surface area (Å²) in [5.74, 6) is 1.70. The van der Waals surface area contributed by atoms with Crippen molar-refractivity contribution in [3.05, 3.63) is 24.3 Å². The van der Waals surface area contributed by atoms with Gasteiger partial charge in [-0.2, -0.15) is 0 Å². The summed E-state index contributed by atoms with van der Waals surface area (Å²) in [5.41, 5.74) is -0.0488. The molecule has 5 heteroatoms. The van der Waals surface area contributed by atoms with Gasteiger partial charge >= 0.3 is 0 Å². The van der Waals surface area contributed by atoms with Crippen LogP contribution in [-0.4, -0.2) is 49.3 Å². The van der Waals surface area contributed by atoms with Crippen molar-refractivity contribution in [2.24, 2.45) is 0 Å². The molecular formula is C19H27NO4. The fourth-order valence-electron chi connectivity index (χ4n) is 3.58. The number of carbonyl (C=O) groups excluding carboxylic acids is 1. The molecule has 0 aliphatic carbocycles. The Balaban J connectivity index is 1.52. The highest BCUT2D eigenvalue weighted by Crippen LogP contribution is 2.36. The van der Waals surface area contributed by atoms with Gasteiger partial charge in [0, 0.05) is 19.6 Å². The Labute approximate surface area is 143 Å². The molecule has 1 atom stereocenters. The standard InChI is InChI=1S/C19H27NO4/c1-2-22-16-6-3-4-7-17(16)23-15-13-20-12-11-19(9-5-14-24-19)10-8-18(20)21/h3-4,6-7H,2,5,8-15H2,1H3/t19-/m1/s1. The van der Waals surface area contributed by atoms with E-state index in [1.165, 1.54) is 0 Å². The zero-order valence-corrected chi connectivity index (χ0v) is 14.5. The first-order valence-corrected chi connectivity index (χ1v) is 8.99. The van der Waals surface area contributed by atoms with Crippen molar-refractivity contribution < 1.29 is 19.0 Å². The first-order valence-electron chi connectivity index (χ1n) is 8.99. The summed E-state index contributed by atoms with van der Waals surface area (Å²) < 4.78 is 17.4. The van der Waals surface area contributed by atoms with Crippen molar-refractivity contribution in [1.29, 1.82) is 0 Å². The van der Waals surface area contributed by atoms with Gasteiger partial charge in [0.2, 0.25) is 5.91 Å². The Kier molecular flexibility index (Phi) is 5.61. The third-order valence-corrected chi connectivity index (χ3v) is 4.94. The molecule has 2 heterocycles. The van der Waals surface area contributed by atoms with Gasteiger partial charge in [0.05, 0.1) is 18.8 Å². The zero-order chi connectivity index (χ0) is 16.8. The van der Waals surface area contributed by atoms with Gasteiger partial charge in [-0.3, -0.25) is 4.79 Å². The van der Waals surface area contributed by atoms with E-state index in [-0.39, 0.29) is 11.5 Å². The molecule has 0 saturated carbocycles. The predicted molar refractivity (Wildman–Crippen MR) is 91.5 cm³/mol. The summed E-state index contributed by atoms with van der Waals surface area (Å²) in [4.78, 5) is 14.3. The molecule has 24 heavy (non-hydrogen) atoms. The lowest BCUT2D eigenvalue weighted by Crippen LogP contribution is -2.35. The molecule has 0 N–H and O–H groups in total. The topological polar surface area (TPSA) is 48.0 Å². The van der Waals surface area contributed by atoms with Crippen LogP contribution in [-0.2, 0) is 9.53 Å². The summed E-state index contributed by atoms with van der Waals surface area (Å²) in [6, 6.07) is 7.65. The summed E-state index contributed by atoms with van der Waals surface area (Å²) >= 11 is 0. The normalized spacial score (nSPS) is 24.2. The van der Waals surface area contributed by atoms with E-state index in [1.807, 2.05) is 36.1 Å². The number of amides is 1. The van der Waals surface area contributed by atoms with E-state index in [1.54, 1.807) is 0 Å². The van der Waals surface area contributed by atoms with Crippen molar-refractivity contribution in [2.75, 3.05) is 32.9 Å². The van der Waals surface area contributed by atoms with E-state index in [2.05, 4.69) is 0 Å². The highest BCUT2D eigenvalue weighted by Gasteiger charge is 2.38. The molecule has 3 rings (SSSR count). The Bertz CT molecular complexity index is 554. The van der Waals surface area contributed by atoms with Gasteiger partial charge in [-0.05, 0) is 44.7 Å². The van der Waals surface area contributed by atoms with Crippen molar-refractivity contribution in [3.8, 4) is 11.5 Å². The molecule has 1 aromatic rings. The molecule has 5 nitrogen and oxygen atoms in total. The highest BCUT2D eigenvalue weighted by molar-refractivity contribution is 5.76. The minimum Gasteiger partial charge on any atom is -0.490 e. The lowest BCUT2D eigenvalue weighted by atomic mass is 9.92. The number of para-hydroxylation sites is 2. The maximum absolute atomic E-state index is 12.4. The number of benzene rings is 1. The van der Waals surface area contributed by atoms with Crippen LogP contribution in [0.5, 0.6) is 11.5 Å². The van der Waals surface area contributed by atoms with Crippen LogP contribution in [0.25, 0.3) is 0 Å². The monoisotopic (exact) mass is 333 g/mol. The van der Waals surface area contributed by atoms with Crippen LogP contribution < -0.4 is 9.47 Å². The minimum absolute atomic E-state index is 0.0488. The van der Waals surface area contributed by atoms with Gasteiger partial charge in [0.25, 0.3) is 0 Å². The molecule has 132 valence electrons. The largest absolute Gasteiger partial charge is 0.490 e. The Morgan fingerprint density at radius 2 is 1.96 bits per heavy atom. The molecule has 2 saturated heterocycles. The van der Waals surface area contributed by atoms with Gasteiger partial charge in [-0.1, -0.05) is 12.1 Å². The minimum atomic E-state index is -0.0488. The third kappa shape index (κ3) is 4.01. The van der Waals surface area contributed by atoms with E-state index in [4.69, 9.17) is 14.2 Å². The summed E-state index contributed by atoms with van der Waals surface area (Å²) in [7, 11) is 0. The molecule has 0 unspecified atom stereocenters. The molecular weight excluding hydrogens is 306 g/mol. The zero-order valence-electron chi connectivity index (χ0n) is 14.5. The van der Waals surface area contributed by atoms with Crippen LogP contribution in [0.1, 0.15) is 39.0 Å². The second-order valence-corrected chi connectivity index (χ2v) is 6.49. The van der Waals surface area contributed by atoms with Crippen LogP contribution in [0.2, 0.25) is 0 Å². The van der Waals surface area contributed by atoms with Crippen molar-refractivity contribution in [3.63, 3.8) is 0 Å². The van der Waals surface area contributed by atoms with Gasteiger partial charge < -0.3 is 19.1 Å². The maximum Gasteiger partial charge on any atom is 0.222 e. The lowest BCUT2D eigenvalue weighted by Gasteiger charge is -2.26. The second-order valence-electron chi connectivity index (χ2n) is 6.49. The van der Waals surface area contributed by atoms with Crippen LogP contribution in [0.15, 0.2) is 24.3 Å². The number of carbonyl (C=O) groups is 1. The molecule has 0 bridgehead atoms. The molecule has 1 amide bonds. The number of hydrogen-bond donors (Lipinski definition) is 0. The van der Waals surface area contributed by atoms with E-state index in [0.29, 0.717) is 26.2 Å². The first-order chi connectivity index (χ1) is 11.7. The Morgan fingerprint density at radius 1 is 1.17 bits per heavy atom. The molecule has 0 aromatic heterocycles. The number of likely N-dealkylation sites (tertiary alicyclic amines) is 1. The van der Waals surface area contributed by atoms with Crippen LogP contribution in [0.3, 0.4) is 0 Å². The highest BCUT2D eigenvalue weighted by atomic mass is 16.5. The van der Waals surface area contributed by atoms with E-state index in [9.17, 15) is 4.79 Å². The van der Waals surface area contributed by atoms with E-state index >= 15 is 0 Å². The average Bonchev–Trinajstić information content (AvgIpc) is 3.00. The molecule has 0 radical (unpaired) electrons. The fraction of sp³-hybridized carbons (Fsp3) is 0.632. The number of hydrogen-bond acceptors (Lipinski definition) is 4. The number of rotatable bonds is 6. The van der Waals surface area contributed by atoms with Gasteiger partial charge in [0.1, 0.15) is 6.61 Å². The SMILES string of the molecule is CCOc1ccccc1OCCN1CC[C@@]2(CCCO2)CCC1=O. The van der Waals surface area contributed by atoms with Gasteiger partial charge in [-0.15, -0.1) is 0 Å². The van der Waals surface area contributed by atoms with Crippen molar-refractivity contribution in [1.82, 2.24) is 4.90 Å². The third-order valence-electron chi connectivity index (χ3n) is 4.94. The summed E-state index contributed by atoms with van der Waals surface area (Å²) in [5, 5.41) is 0. The Morgan fingerprint density at radius 3 is 2.67 bits per heavy atom. The molecule has 2 aliphatic rings. The second kappa shape index (κ2) is 7.88. The molecule has 1 aromatic carbocycles. The van der Waals surface area contributed by atoms with Crippen molar-refractivity contribution >= 4 is 5.91 Å². The molecule has 1 spiro atoms. The first kappa shape index (κ1) is 17.1. The summed E-state index contributed by atoms with van der Waals surface area (Å²) in [6.07, 6.45) is 4.58. The van der Waals surface area contributed by atoms with Crippen LogP contribution >= 0.6 is 0 Å². The van der Waals surface area contributed by atoms with E-state index in [0.717, 1.165) is 50.3 Å². The quantitative estimate of drug-likeness (QED) is 0.803. The van der Waals surface area contributed by atoms with Gasteiger partial charge in [0.15, 0.2) is 11.5 Å². The van der Waals surface area contributed by atoms with Crippen molar-refractivity contribution in [2.45, 2.75) is 44.6 Å². The van der Waals surface area contributed by atoms with Crippen LogP contribution in [0.4, 0.5) is 0 Å². The molecule has 2 aliphatic heterocycles. The number of nitrogens with zero attached hydrogens (tertiary/aromatic N) is 1. The van der Waals surface area contributed by atoms with E-state index < -0.39 is 0 Å². The molecule has 2 fully saturated rings. The average molecular weight is 333 g/mol. The Hall–Kier alpha value is -1.75. The summed E-state index contributed by atoms with van der Waals surface area (Å²) in [6.45, 7) is 5.24.